The Labute approximate surface area is 143 Å². The van der Waals surface area contributed by atoms with E-state index < -0.39 is 0 Å². The number of ether oxygens (including phenoxy) is 1. The Morgan fingerprint density at radius 3 is 1.70 bits per heavy atom. The molecule has 2 fully saturated rings. The summed E-state index contributed by atoms with van der Waals surface area (Å²) < 4.78 is 8.04. The maximum atomic E-state index is 5.98. The lowest BCUT2D eigenvalue weighted by molar-refractivity contribution is -0.868. The summed E-state index contributed by atoms with van der Waals surface area (Å²) in [5, 5.41) is 0. The van der Waals surface area contributed by atoms with Gasteiger partial charge in [-0.25, -0.2) is 0 Å². The molecule has 132 valence electrons. The molecule has 4 unspecified atom stereocenters. The molecule has 0 aromatic rings. The molecule has 2 aliphatic rings. The van der Waals surface area contributed by atoms with Gasteiger partial charge in [-0.05, 0) is 51.7 Å². The van der Waals surface area contributed by atoms with Crippen molar-refractivity contribution in [2.45, 2.75) is 38.5 Å². The molecular formula is C20H38N2O+2. The van der Waals surface area contributed by atoms with Crippen LogP contribution in [0, 0.1) is 11.8 Å². The van der Waals surface area contributed by atoms with Gasteiger partial charge in [0.1, 0.15) is 0 Å². The van der Waals surface area contributed by atoms with Crippen LogP contribution >= 0.6 is 0 Å². The van der Waals surface area contributed by atoms with Gasteiger partial charge in [0.25, 0.3) is 0 Å². The Kier molecular flexibility index (Phi) is 6.87. The third kappa shape index (κ3) is 5.74. The quantitative estimate of drug-likeness (QED) is 0.488. The summed E-state index contributed by atoms with van der Waals surface area (Å²) in [6, 6.07) is 0. The lowest BCUT2D eigenvalue weighted by Crippen LogP contribution is -2.46. The number of hydrogen-bond acceptors (Lipinski definition) is 1. The molecule has 0 N–H and O–H groups in total. The number of piperidine rings is 2. The van der Waals surface area contributed by atoms with E-state index in [1.165, 1.54) is 64.7 Å². The summed E-state index contributed by atoms with van der Waals surface area (Å²) >= 11 is 0. The molecule has 23 heavy (non-hydrogen) atoms. The van der Waals surface area contributed by atoms with Crippen molar-refractivity contribution in [2.24, 2.45) is 11.8 Å². The zero-order chi connectivity index (χ0) is 16.8. The summed E-state index contributed by atoms with van der Waals surface area (Å²) in [6.45, 7) is 14.9. The largest absolute Gasteiger partial charge is 0.381 e. The standard InChI is InChI=1S/C20H38N2O/c1-5-21(3)13-7-9-19(17-21)11-15-23-16-12-20-10-8-14-22(4,6-2)18-20/h5-6,19-20H,1-2,7-18H2,3-4H3/q+2. The average Bonchev–Trinajstić information content (AvgIpc) is 2.55. The van der Waals surface area contributed by atoms with E-state index in [9.17, 15) is 0 Å². The zero-order valence-corrected chi connectivity index (χ0v) is 15.5. The minimum atomic E-state index is 0.808. The van der Waals surface area contributed by atoms with Crippen LogP contribution in [-0.4, -0.2) is 62.5 Å². The van der Waals surface area contributed by atoms with E-state index in [0.717, 1.165) is 34.0 Å². The number of likely N-dealkylation sites (tertiary alicyclic amines) is 2. The highest BCUT2D eigenvalue weighted by Gasteiger charge is 2.30. The Morgan fingerprint density at radius 2 is 1.30 bits per heavy atom. The van der Waals surface area contributed by atoms with Gasteiger partial charge >= 0.3 is 0 Å². The van der Waals surface area contributed by atoms with E-state index in [2.05, 4.69) is 39.7 Å². The molecule has 4 atom stereocenters. The van der Waals surface area contributed by atoms with E-state index in [1.54, 1.807) is 0 Å². The van der Waals surface area contributed by atoms with Crippen molar-refractivity contribution in [3.8, 4) is 0 Å². The van der Waals surface area contributed by atoms with Crippen LogP contribution in [0.4, 0.5) is 0 Å². The Morgan fingerprint density at radius 1 is 0.870 bits per heavy atom. The van der Waals surface area contributed by atoms with Gasteiger partial charge in [0.2, 0.25) is 0 Å². The number of quaternary nitrogens is 2. The van der Waals surface area contributed by atoms with Crippen LogP contribution in [0.3, 0.4) is 0 Å². The SMILES string of the molecule is C=C[N+]1(C)CCCC(CCOCCC2CCC[N+](C)(C=C)C2)C1. The molecule has 0 amide bonds. The van der Waals surface area contributed by atoms with E-state index in [4.69, 9.17) is 4.74 Å². The number of nitrogens with zero attached hydrogens (tertiary/aromatic N) is 2. The van der Waals surface area contributed by atoms with Gasteiger partial charge in [-0.2, -0.15) is 0 Å². The van der Waals surface area contributed by atoms with Crippen molar-refractivity contribution in [1.82, 2.24) is 0 Å². The molecule has 0 saturated carbocycles. The van der Waals surface area contributed by atoms with Crippen molar-refractivity contribution in [3.63, 3.8) is 0 Å². The third-order valence-electron chi connectivity index (χ3n) is 6.14. The first kappa shape index (κ1) is 18.7. The second-order valence-electron chi connectivity index (χ2n) is 8.34. The summed E-state index contributed by atoms with van der Waals surface area (Å²) in [5.41, 5.74) is 0. The van der Waals surface area contributed by atoms with E-state index in [1.807, 2.05) is 0 Å². The Hall–Kier alpha value is -0.640. The topological polar surface area (TPSA) is 9.23 Å². The molecule has 0 aliphatic carbocycles. The van der Waals surface area contributed by atoms with Gasteiger partial charge in [0, 0.05) is 25.0 Å². The van der Waals surface area contributed by atoms with Gasteiger partial charge < -0.3 is 4.74 Å². The average molecular weight is 323 g/mol. The first-order chi connectivity index (χ1) is 11.0. The second-order valence-corrected chi connectivity index (χ2v) is 8.34. The first-order valence-corrected chi connectivity index (χ1v) is 9.52. The van der Waals surface area contributed by atoms with Crippen molar-refractivity contribution in [3.05, 3.63) is 25.6 Å². The third-order valence-corrected chi connectivity index (χ3v) is 6.14. The fourth-order valence-corrected chi connectivity index (χ4v) is 4.43. The molecule has 0 bridgehead atoms. The lowest BCUT2D eigenvalue weighted by Gasteiger charge is -2.38. The first-order valence-electron chi connectivity index (χ1n) is 9.52. The highest BCUT2D eigenvalue weighted by Crippen LogP contribution is 2.26. The maximum Gasteiger partial charge on any atom is 0.0883 e. The predicted octanol–water partition coefficient (Wildman–Crippen LogP) is 3.78. The van der Waals surface area contributed by atoms with Crippen LogP contribution in [0.5, 0.6) is 0 Å². The fourth-order valence-electron chi connectivity index (χ4n) is 4.43. The Bertz CT molecular complexity index is 361. The summed E-state index contributed by atoms with van der Waals surface area (Å²) in [6.07, 6.45) is 12.0. The summed E-state index contributed by atoms with van der Waals surface area (Å²) in [5.74, 6) is 1.62. The highest BCUT2D eigenvalue weighted by molar-refractivity contribution is 4.70. The van der Waals surface area contributed by atoms with E-state index in [0.29, 0.717) is 0 Å². The van der Waals surface area contributed by atoms with Crippen LogP contribution in [0.1, 0.15) is 38.5 Å². The van der Waals surface area contributed by atoms with Crippen molar-refractivity contribution < 1.29 is 13.7 Å². The number of hydrogen-bond donors (Lipinski definition) is 0. The molecule has 2 heterocycles. The van der Waals surface area contributed by atoms with Crippen LogP contribution < -0.4 is 0 Å². The van der Waals surface area contributed by atoms with Crippen molar-refractivity contribution >= 4 is 0 Å². The van der Waals surface area contributed by atoms with Crippen LogP contribution in [0.2, 0.25) is 0 Å². The number of rotatable bonds is 8. The van der Waals surface area contributed by atoms with Gasteiger partial charge in [-0.15, -0.1) is 0 Å². The smallest absolute Gasteiger partial charge is 0.0883 e. The molecule has 2 aliphatic heterocycles. The van der Waals surface area contributed by atoms with E-state index >= 15 is 0 Å². The second kappa shape index (κ2) is 8.46. The molecule has 0 spiro atoms. The highest BCUT2D eigenvalue weighted by atomic mass is 16.5. The monoisotopic (exact) mass is 322 g/mol. The van der Waals surface area contributed by atoms with Gasteiger partial charge in [0.15, 0.2) is 0 Å². The molecular weight excluding hydrogens is 284 g/mol. The fraction of sp³-hybridized carbons (Fsp3) is 0.800. The molecule has 0 radical (unpaired) electrons. The van der Waals surface area contributed by atoms with Crippen molar-refractivity contribution in [2.75, 3.05) is 53.5 Å². The van der Waals surface area contributed by atoms with Gasteiger partial charge in [-0.3, -0.25) is 8.97 Å². The minimum Gasteiger partial charge on any atom is -0.381 e. The predicted molar refractivity (Wildman–Crippen MR) is 97.7 cm³/mol. The van der Waals surface area contributed by atoms with Crippen LogP contribution in [0.15, 0.2) is 25.6 Å². The molecule has 2 saturated heterocycles. The normalized spacial score (nSPS) is 38.2. The molecule has 0 aromatic heterocycles. The van der Waals surface area contributed by atoms with Crippen molar-refractivity contribution in [1.29, 1.82) is 0 Å². The summed E-state index contributed by atoms with van der Waals surface area (Å²) in [4.78, 5) is 0. The summed E-state index contributed by atoms with van der Waals surface area (Å²) in [7, 11) is 4.61. The lowest BCUT2D eigenvalue weighted by atomic mass is 9.93. The molecule has 3 nitrogen and oxygen atoms in total. The molecule has 0 aromatic carbocycles. The van der Waals surface area contributed by atoms with Gasteiger partial charge in [0.05, 0.1) is 52.7 Å². The zero-order valence-electron chi connectivity index (χ0n) is 15.5. The van der Waals surface area contributed by atoms with Gasteiger partial charge in [-0.1, -0.05) is 0 Å². The van der Waals surface area contributed by atoms with E-state index in [-0.39, 0.29) is 0 Å². The minimum absolute atomic E-state index is 0.808. The molecule has 3 heteroatoms. The van der Waals surface area contributed by atoms with Crippen LogP contribution in [-0.2, 0) is 4.74 Å². The Balaban J connectivity index is 1.59. The maximum absolute atomic E-state index is 5.98. The van der Waals surface area contributed by atoms with Crippen LogP contribution in [0.25, 0.3) is 0 Å². The molecule has 2 rings (SSSR count).